The molecule has 25 heavy (non-hydrogen) atoms. The molecule has 7 heteroatoms. The maximum absolute atomic E-state index is 10.5. The Balaban J connectivity index is 2.32. The van der Waals surface area contributed by atoms with Gasteiger partial charge in [0.05, 0.1) is 13.2 Å². The fourth-order valence-electron chi connectivity index (χ4n) is 2.08. The van der Waals surface area contributed by atoms with Gasteiger partial charge in [-0.1, -0.05) is 11.8 Å². The molecule has 0 bridgehead atoms. The summed E-state index contributed by atoms with van der Waals surface area (Å²) in [4.78, 5) is 30.1. The van der Waals surface area contributed by atoms with E-state index in [4.69, 9.17) is 9.47 Å². The van der Waals surface area contributed by atoms with Gasteiger partial charge in [-0.2, -0.15) is 9.98 Å². The number of rotatable bonds is 8. The second-order valence-corrected chi connectivity index (χ2v) is 5.78. The summed E-state index contributed by atoms with van der Waals surface area (Å²) in [6.07, 6.45) is 3.04. The highest BCUT2D eigenvalue weighted by molar-refractivity contribution is 7.99. The zero-order valence-electron chi connectivity index (χ0n) is 13.8. The quantitative estimate of drug-likeness (QED) is 0.511. The van der Waals surface area contributed by atoms with Crippen molar-refractivity contribution in [1.29, 1.82) is 0 Å². The molecule has 2 rings (SSSR count). The molecule has 0 amide bonds. The predicted octanol–water partition coefficient (Wildman–Crippen LogP) is 4.57. The smallest absolute Gasteiger partial charge is 0.240 e. The lowest BCUT2D eigenvalue weighted by atomic mass is 10.3. The average Bonchev–Trinajstić information content (AvgIpc) is 2.60. The minimum atomic E-state index is 0.437. The van der Waals surface area contributed by atoms with Gasteiger partial charge in [0.25, 0.3) is 0 Å². The van der Waals surface area contributed by atoms with E-state index in [0.717, 1.165) is 9.79 Å². The van der Waals surface area contributed by atoms with Crippen LogP contribution < -0.4 is 9.47 Å². The Kier molecular flexibility index (Phi) is 6.99. The third-order valence-electron chi connectivity index (χ3n) is 3.03. The molecule has 0 atom stereocenters. The van der Waals surface area contributed by atoms with Crippen LogP contribution in [0.4, 0.5) is 11.4 Å². The zero-order valence-corrected chi connectivity index (χ0v) is 14.6. The van der Waals surface area contributed by atoms with E-state index in [2.05, 4.69) is 9.98 Å². The molecule has 6 nitrogen and oxygen atoms in total. The van der Waals surface area contributed by atoms with Gasteiger partial charge in [0.1, 0.15) is 22.9 Å². The van der Waals surface area contributed by atoms with Crippen molar-refractivity contribution in [1.82, 2.24) is 0 Å². The lowest BCUT2D eigenvalue weighted by Gasteiger charge is -2.10. The van der Waals surface area contributed by atoms with Gasteiger partial charge in [-0.25, -0.2) is 9.59 Å². The monoisotopic (exact) mass is 356 g/mol. The normalized spacial score (nSPS) is 9.68. The molecule has 0 aliphatic carbocycles. The lowest BCUT2D eigenvalue weighted by molar-refractivity contribution is 0.340. The number of hydrogen-bond donors (Lipinski definition) is 0. The summed E-state index contributed by atoms with van der Waals surface area (Å²) in [5.74, 6) is 1.03. The molecule has 0 fully saturated rings. The van der Waals surface area contributed by atoms with Crippen molar-refractivity contribution in [3.63, 3.8) is 0 Å². The molecule has 0 spiro atoms. The van der Waals surface area contributed by atoms with Gasteiger partial charge in [0.2, 0.25) is 12.2 Å². The van der Waals surface area contributed by atoms with Crippen molar-refractivity contribution in [3.8, 4) is 11.5 Å². The summed E-state index contributed by atoms with van der Waals surface area (Å²) in [5.41, 5.74) is 0.874. The summed E-state index contributed by atoms with van der Waals surface area (Å²) in [6, 6.07) is 10.7. The maximum Gasteiger partial charge on any atom is 0.240 e. The Morgan fingerprint density at radius 2 is 1.28 bits per heavy atom. The van der Waals surface area contributed by atoms with Gasteiger partial charge in [0, 0.05) is 9.79 Å². The van der Waals surface area contributed by atoms with Gasteiger partial charge in [0.15, 0.2) is 0 Å². The fourth-order valence-corrected chi connectivity index (χ4v) is 2.95. The van der Waals surface area contributed by atoms with Gasteiger partial charge >= 0.3 is 0 Å². The van der Waals surface area contributed by atoms with Crippen LogP contribution in [-0.2, 0) is 9.59 Å². The molecule has 0 aromatic heterocycles. The second-order valence-electron chi connectivity index (χ2n) is 4.63. The van der Waals surface area contributed by atoms with Crippen LogP contribution >= 0.6 is 11.8 Å². The van der Waals surface area contributed by atoms with Crippen molar-refractivity contribution in [2.45, 2.75) is 23.6 Å². The van der Waals surface area contributed by atoms with Crippen LogP contribution in [0.2, 0.25) is 0 Å². The predicted molar refractivity (Wildman–Crippen MR) is 94.9 cm³/mol. The first-order valence-electron chi connectivity index (χ1n) is 7.59. The van der Waals surface area contributed by atoms with Gasteiger partial charge in [-0.15, -0.1) is 0 Å². The molecule has 2 aromatic rings. The number of nitrogens with zero attached hydrogens (tertiary/aromatic N) is 2. The summed E-state index contributed by atoms with van der Waals surface area (Å²) in [7, 11) is 0. The number of aliphatic imine (C=N–C) groups is 2. The van der Waals surface area contributed by atoms with Crippen molar-refractivity contribution in [2.75, 3.05) is 13.2 Å². The lowest BCUT2D eigenvalue weighted by Crippen LogP contribution is -1.93. The topological polar surface area (TPSA) is 77.3 Å². The number of hydrogen-bond acceptors (Lipinski definition) is 7. The van der Waals surface area contributed by atoms with E-state index in [1.54, 1.807) is 12.1 Å². The maximum atomic E-state index is 10.5. The number of ether oxygens (including phenoxy) is 2. The molecule has 0 radical (unpaired) electrons. The number of benzene rings is 2. The van der Waals surface area contributed by atoms with E-state index in [9.17, 15) is 9.59 Å². The van der Waals surface area contributed by atoms with Crippen LogP contribution in [0.25, 0.3) is 0 Å². The Morgan fingerprint density at radius 3 is 1.64 bits per heavy atom. The molecule has 0 aliphatic rings. The third-order valence-corrected chi connectivity index (χ3v) is 4.01. The summed E-state index contributed by atoms with van der Waals surface area (Å²) < 4.78 is 11.0. The van der Waals surface area contributed by atoms with Crippen LogP contribution in [0.3, 0.4) is 0 Å². The molecular weight excluding hydrogens is 340 g/mol. The first kappa shape index (κ1) is 18.5. The number of isocyanates is 2. The van der Waals surface area contributed by atoms with E-state index in [-0.39, 0.29) is 0 Å². The van der Waals surface area contributed by atoms with Crippen molar-refractivity contribution in [3.05, 3.63) is 36.4 Å². The Bertz CT molecular complexity index is 771. The van der Waals surface area contributed by atoms with Crippen LogP contribution in [0, 0.1) is 0 Å². The standard InChI is InChI=1S/C18H16N2O4S/c1-3-23-17-9-13(5-7-15(17)19-11-21)25-14-6-8-16(20-12-22)18(10-14)24-4-2/h5-10H,3-4H2,1-2H3. The van der Waals surface area contributed by atoms with E-state index in [1.165, 1.54) is 23.9 Å². The molecular formula is C18H16N2O4S. The molecule has 128 valence electrons. The SMILES string of the molecule is CCOc1cc(Sc2ccc(N=C=O)c(OCC)c2)ccc1N=C=O. The first-order valence-corrected chi connectivity index (χ1v) is 8.40. The zero-order chi connectivity index (χ0) is 18.1. The number of carbonyl (C=O) groups excluding carboxylic acids is 2. The highest BCUT2D eigenvalue weighted by atomic mass is 32.2. The van der Waals surface area contributed by atoms with E-state index >= 15 is 0 Å². The summed E-state index contributed by atoms with van der Waals surface area (Å²) >= 11 is 1.48. The van der Waals surface area contributed by atoms with Gasteiger partial charge in [-0.05, 0) is 50.2 Å². The molecule has 0 aliphatic heterocycles. The highest BCUT2D eigenvalue weighted by Gasteiger charge is 2.09. The van der Waals surface area contributed by atoms with Crippen LogP contribution in [-0.4, -0.2) is 25.4 Å². The summed E-state index contributed by atoms with van der Waals surface area (Å²) in [6.45, 7) is 4.63. The van der Waals surface area contributed by atoms with Crippen molar-refractivity contribution < 1.29 is 19.1 Å². The first-order chi connectivity index (χ1) is 12.2. The van der Waals surface area contributed by atoms with Crippen LogP contribution in [0.5, 0.6) is 11.5 Å². The highest BCUT2D eigenvalue weighted by Crippen LogP contribution is 2.38. The van der Waals surface area contributed by atoms with E-state index in [1.807, 2.05) is 38.1 Å². The average molecular weight is 356 g/mol. The molecule has 0 saturated carbocycles. The Labute approximate surface area is 149 Å². The van der Waals surface area contributed by atoms with E-state index in [0.29, 0.717) is 36.1 Å². The largest absolute Gasteiger partial charge is 0.492 e. The minimum absolute atomic E-state index is 0.437. The van der Waals surface area contributed by atoms with Crippen molar-refractivity contribution >= 4 is 35.3 Å². The molecule has 0 unspecified atom stereocenters. The van der Waals surface area contributed by atoms with Crippen LogP contribution in [0.15, 0.2) is 56.2 Å². The van der Waals surface area contributed by atoms with E-state index < -0.39 is 0 Å². The molecule has 0 N–H and O–H groups in total. The minimum Gasteiger partial charge on any atom is -0.492 e. The van der Waals surface area contributed by atoms with Crippen molar-refractivity contribution in [2.24, 2.45) is 9.98 Å². The fraction of sp³-hybridized carbons (Fsp3) is 0.222. The third kappa shape index (κ3) is 5.06. The molecule has 2 aromatic carbocycles. The van der Waals surface area contributed by atoms with Crippen LogP contribution in [0.1, 0.15) is 13.8 Å². The second kappa shape index (κ2) is 9.45. The Morgan fingerprint density at radius 1 is 0.840 bits per heavy atom. The van der Waals surface area contributed by atoms with Gasteiger partial charge in [-0.3, -0.25) is 0 Å². The molecule has 0 saturated heterocycles. The summed E-state index contributed by atoms with van der Waals surface area (Å²) in [5, 5.41) is 0. The van der Waals surface area contributed by atoms with Gasteiger partial charge < -0.3 is 9.47 Å². The molecule has 0 heterocycles. The Hall–Kier alpha value is -2.85.